The number of ether oxygens (including phenoxy) is 2. The Hall–Kier alpha value is -2.33. The molecule has 0 aliphatic rings. The van der Waals surface area contributed by atoms with Crippen molar-refractivity contribution >= 4 is 19.8 Å². The second-order valence-corrected chi connectivity index (χ2v) is 15.9. The third kappa shape index (κ3) is 39.9. The first-order chi connectivity index (χ1) is 27.2. The van der Waals surface area contributed by atoms with Crippen LogP contribution in [0.5, 0.6) is 0 Å². The van der Waals surface area contributed by atoms with Crippen LogP contribution in [-0.2, 0) is 32.7 Å². The summed E-state index contributed by atoms with van der Waals surface area (Å²) in [6, 6.07) is 0. The van der Waals surface area contributed by atoms with Gasteiger partial charge in [0.2, 0.25) is 0 Å². The van der Waals surface area contributed by atoms with Crippen molar-refractivity contribution in [2.24, 2.45) is 5.73 Å². The molecule has 0 bridgehead atoms. The van der Waals surface area contributed by atoms with Crippen LogP contribution < -0.4 is 5.73 Å². The van der Waals surface area contributed by atoms with Crippen LogP contribution in [0.1, 0.15) is 174 Å². The highest BCUT2D eigenvalue weighted by Gasteiger charge is 2.26. The number of carbonyl (C=O) groups is 2. The SMILES string of the molecule is CCCCC/C=C\C=C/[C@@H](O)C/C=C\C/C=C/CCCC(=O)OC[C@H](COP(=O)(O)OCCN)OC(=O)CCCCCCCCC/C=C\CCCCCCCC. The van der Waals surface area contributed by atoms with Gasteiger partial charge in [-0.2, -0.15) is 0 Å². The lowest BCUT2D eigenvalue weighted by Crippen LogP contribution is -2.29. The third-order valence-corrected chi connectivity index (χ3v) is 9.94. The van der Waals surface area contributed by atoms with E-state index >= 15 is 0 Å². The van der Waals surface area contributed by atoms with E-state index in [1.807, 2.05) is 36.5 Å². The summed E-state index contributed by atoms with van der Waals surface area (Å²) in [5, 5.41) is 10.1. The van der Waals surface area contributed by atoms with E-state index in [-0.39, 0.29) is 32.6 Å². The van der Waals surface area contributed by atoms with Crippen LogP contribution in [0, 0.1) is 0 Å². The van der Waals surface area contributed by atoms with E-state index in [1.54, 1.807) is 6.08 Å². The van der Waals surface area contributed by atoms with Crippen LogP contribution in [0.2, 0.25) is 0 Å². The van der Waals surface area contributed by atoms with Gasteiger partial charge in [0.15, 0.2) is 6.10 Å². The number of aliphatic hydroxyl groups is 1. The number of phosphoric ester groups is 1. The minimum absolute atomic E-state index is 0.0338. The van der Waals surface area contributed by atoms with Crippen LogP contribution in [0.15, 0.2) is 60.8 Å². The molecule has 4 N–H and O–H groups in total. The summed E-state index contributed by atoms with van der Waals surface area (Å²) < 4.78 is 32.7. The molecule has 11 heteroatoms. The van der Waals surface area contributed by atoms with Gasteiger partial charge >= 0.3 is 19.8 Å². The molecule has 0 aliphatic heterocycles. The molecule has 0 amide bonds. The summed E-state index contributed by atoms with van der Waals surface area (Å²) in [6.07, 6.45) is 44.2. The van der Waals surface area contributed by atoms with Crippen molar-refractivity contribution in [3.63, 3.8) is 0 Å². The minimum Gasteiger partial charge on any atom is -0.462 e. The van der Waals surface area contributed by atoms with Gasteiger partial charge in [0, 0.05) is 19.4 Å². The predicted molar refractivity (Wildman–Crippen MR) is 230 cm³/mol. The maximum Gasteiger partial charge on any atom is 0.472 e. The van der Waals surface area contributed by atoms with Crippen molar-refractivity contribution in [3.05, 3.63) is 60.8 Å². The normalized spacial score (nSPS) is 14.4. The Balaban J connectivity index is 4.31. The quantitative estimate of drug-likeness (QED) is 0.0179. The lowest BCUT2D eigenvalue weighted by molar-refractivity contribution is -0.161. The summed E-state index contributed by atoms with van der Waals surface area (Å²) in [5.41, 5.74) is 5.34. The molecule has 0 aromatic heterocycles. The number of unbranched alkanes of at least 4 members (excludes halogenated alkanes) is 17. The average molecular weight is 810 g/mol. The Morgan fingerprint density at radius 3 is 1.84 bits per heavy atom. The summed E-state index contributed by atoms with van der Waals surface area (Å²) >= 11 is 0. The van der Waals surface area contributed by atoms with Gasteiger partial charge in [-0.1, -0.05) is 152 Å². The predicted octanol–water partition coefficient (Wildman–Crippen LogP) is 11.5. The number of carbonyl (C=O) groups excluding carboxylic acids is 2. The first kappa shape index (κ1) is 53.7. The Labute approximate surface area is 341 Å². The zero-order valence-corrected chi connectivity index (χ0v) is 36.1. The van der Waals surface area contributed by atoms with Crippen molar-refractivity contribution in [1.82, 2.24) is 0 Å². The topological polar surface area (TPSA) is 155 Å². The molecule has 0 aromatic rings. The molecule has 0 aliphatic carbocycles. The van der Waals surface area contributed by atoms with E-state index in [9.17, 15) is 24.2 Å². The zero-order chi connectivity index (χ0) is 41.2. The number of hydrogen-bond acceptors (Lipinski definition) is 9. The number of phosphoric acid groups is 1. The Morgan fingerprint density at radius 2 is 1.16 bits per heavy atom. The van der Waals surface area contributed by atoms with E-state index in [0.29, 0.717) is 25.7 Å². The maximum atomic E-state index is 12.6. The number of rotatable bonds is 40. The standard InChI is InChI=1S/C45H80NO9P/c1-3-5-7-9-11-12-13-14-15-16-17-18-19-20-24-29-33-37-45(49)55-43(41-54-56(50,51)53-39-38-46)40-52-44(48)36-32-28-25-21-23-27-31-35-42(47)34-30-26-22-10-8-6-4-2/h14-15,21-22,25-27,30-31,34,42-43,47H,3-13,16-20,23-24,28-29,32-33,35-41,46H2,1-2H3,(H,50,51)/b15-14-,25-21+,26-22-,31-27-,34-30-/t42-,43-/m1/s1. The molecule has 0 fully saturated rings. The largest absolute Gasteiger partial charge is 0.472 e. The molecule has 3 atom stereocenters. The van der Waals surface area contributed by atoms with Crippen molar-refractivity contribution in [3.8, 4) is 0 Å². The van der Waals surface area contributed by atoms with Gasteiger partial charge in [-0.25, -0.2) is 4.57 Å². The van der Waals surface area contributed by atoms with Crippen molar-refractivity contribution < 1.29 is 42.7 Å². The van der Waals surface area contributed by atoms with Gasteiger partial charge in [0.05, 0.1) is 19.3 Å². The minimum atomic E-state index is -4.41. The molecule has 0 radical (unpaired) electrons. The highest BCUT2D eigenvalue weighted by atomic mass is 31.2. The smallest absolute Gasteiger partial charge is 0.462 e. The van der Waals surface area contributed by atoms with Crippen LogP contribution in [-0.4, -0.2) is 60.5 Å². The van der Waals surface area contributed by atoms with Gasteiger partial charge in [0.25, 0.3) is 0 Å². The molecule has 10 nitrogen and oxygen atoms in total. The Kier molecular flexibility index (Phi) is 39.2. The van der Waals surface area contributed by atoms with Gasteiger partial charge in [-0.05, 0) is 70.6 Å². The van der Waals surface area contributed by atoms with Crippen LogP contribution in [0.3, 0.4) is 0 Å². The zero-order valence-electron chi connectivity index (χ0n) is 35.2. The number of allylic oxidation sites excluding steroid dienone is 8. The van der Waals surface area contributed by atoms with E-state index in [4.69, 9.17) is 24.3 Å². The molecule has 324 valence electrons. The third-order valence-electron chi connectivity index (χ3n) is 8.96. The second kappa shape index (κ2) is 40.9. The number of esters is 2. The lowest BCUT2D eigenvalue weighted by atomic mass is 10.1. The lowest BCUT2D eigenvalue weighted by Gasteiger charge is -2.19. The Morgan fingerprint density at radius 1 is 0.625 bits per heavy atom. The fourth-order valence-electron chi connectivity index (χ4n) is 5.64. The molecular formula is C45H80NO9P. The van der Waals surface area contributed by atoms with Gasteiger partial charge < -0.3 is 25.2 Å². The van der Waals surface area contributed by atoms with Crippen molar-refractivity contribution in [2.45, 2.75) is 187 Å². The van der Waals surface area contributed by atoms with Gasteiger partial charge in [0.1, 0.15) is 6.61 Å². The molecule has 56 heavy (non-hydrogen) atoms. The second-order valence-electron chi connectivity index (χ2n) is 14.4. The Bertz CT molecular complexity index is 1120. The van der Waals surface area contributed by atoms with Crippen molar-refractivity contribution in [1.29, 1.82) is 0 Å². The average Bonchev–Trinajstić information content (AvgIpc) is 3.18. The number of hydrogen-bond donors (Lipinski definition) is 3. The van der Waals surface area contributed by atoms with Gasteiger partial charge in [-0.3, -0.25) is 18.6 Å². The van der Waals surface area contributed by atoms with E-state index in [1.165, 1.54) is 83.5 Å². The highest BCUT2D eigenvalue weighted by Crippen LogP contribution is 2.43. The van der Waals surface area contributed by atoms with E-state index in [0.717, 1.165) is 38.5 Å². The summed E-state index contributed by atoms with van der Waals surface area (Å²) in [6.45, 7) is 3.53. The molecule has 0 rings (SSSR count). The fraction of sp³-hybridized carbons (Fsp3) is 0.733. The van der Waals surface area contributed by atoms with E-state index in [2.05, 4.69) is 32.1 Å². The van der Waals surface area contributed by atoms with Crippen LogP contribution in [0.25, 0.3) is 0 Å². The first-order valence-electron chi connectivity index (χ1n) is 21.9. The molecule has 0 saturated carbocycles. The monoisotopic (exact) mass is 810 g/mol. The van der Waals surface area contributed by atoms with Gasteiger partial charge in [-0.15, -0.1) is 0 Å². The summed E-state index contributed by atoms with van der Waals surface area (Å²) in [5.74, 6) is -0.943. The number of aliphatic hydroxyl groups excluding tert-OH is 1. The van der Waals surface area contributed by atoms with Crippen molar-refractivity contribution in [2.75, 3.05) is 26.4 Å². The molecule has 1 unspecified atom stereocenters. The summed E-state index contributed by atoms with van der Waals surface area (Å²) in [7, 11) is -4.41. The maximum absolute atomic E-state index is 12.6. The van der Waals surface area contributed by atoms with Crippen LogP contribution >= 0.6 is 7.82 Å². The molecule has 0 saturated heterocycles. The molecule has 0 spiro atoms. The molecule has 0 aromatic carbocycles. The fourth-order valence-corrected chi connectivity index (χ4v) is 6.41. The number of nitrogens with two attached hydrogens (primary N) is 1. The highest BCUT2D eigenvalue weighted by molar-refractivity contribution is 7.47. The molecular weight excluding hydrogens is 729 g/mol. The summed E-state index contributed by atoms with van der Waals surface area (Å²) in [4.78, 5) is 34.9. The first-order valence-corrected chi connectivity index (χ1v) is 23.4. The van der Waals surface area contributed by atoms with E-state index < -0.39 is 38.6 Å². The van der Waals surface area contributed by atoms with Crippen LogP contribution in [0.4, 0.5) is 0 Å². The molecule has 0 heterocycles.